The van der Waals surface area contributed by atoms with Gasteiger partial charge in [0, 0.05) is 18.5 Å². The lowest BCUT2D eigenvalue weighted by Crippen LogP contribution is -2.12. The molecule has 2 aromatic carbocycles. The van der Waals surface area contributed by atoms with E-state index in [9.17, 15) is 4.79 Å². The van der Waals surface area contributed by atoms with Gasteiger partial charge in [-0.15, -0.1) is 0 Å². The number of ketones is 1. The van der Waals surface area contributed by atoms with Gasteiger partial charge in [0.1, 0.15) is 0 Å². The fourth-order valence-corrected chi connectivity index (χ4v) is 3.91. The third-order valence-corrected chi connectivity index (χ3v) is 5.44. The second-order valence-corrected chi connectivity index (χ2v) is 7.87. The number of aryl methyl sites for hydroxylation is 2. The number of fused-ring (bicyclic) bond motifs is 2. The lowest BCUT2D eigenvalue weighted by molar-refractivity contribution is 0.0980. The predicted molar refractivity (Wildman–Crippen MR) is 118 cm³/mol. The molecule has 148 valence electrons. The SMILES string of the molecule is CNCCCC(=O)c1ccc2c(c1)CCc1ccccc1/C2=C/CCN(C)C. The van der Waals surface area contributed by atoms with Gasteiger partial charge in [-0.3, -0.25) is 4.79 Å². The minimum atomic E-state index is 0.248. The molecule has 0 unspecified atom stereocenters. The largest absolute Gasteiger partial charge is 0.320 e. The average molecular weight is 377 g/mol. The molecule has 0 amide bonds. The number of nitrogens with one attached hydrogen (secondary N) is 1. The van der Waals surface area contributed by atoms with Gasteiger partial charge in [0.15, 0.2) is 5.78 Å². The number of rotatable bonds is 8. The smallest absolute Gasteiger partial charge is 0.162 e. The molecule has 3 heteroatoms. The zero-order valence-electron chi connectivity index (χ0n) is 17.4. The second-order valence-electron chi connectivity index (χ2n) is 7.87. The van der Waals surface area contributed by atoms with Crippen molar-refractivity contribution in [2.24, 2.45) is 0 Å². The first-order valence-electron chi connectivity index (χ1n) is 10.3. The summed E-state index contributed by atoms with van der Waals surface area (Å²) in [6, 6.07) is 15.1. The van der Waals surface area contributed by atoms with Crippen LogP contribution in [0.4, 0.5) is 0 Å². The molecule has 0 saturated heterocycles. The number of hydrogen-bond donors (Lipinski definition) is 1. The molecule has 3 nitrogen and oxygen atoms in total. The summed E-state index contributed by atoms with van der Waals surface area (Å²) >= 11 is 0. The van der Waals surface area contributed by atoms with Crippen molar-refractivity contribution in [2.45, 2.75) is 32.1 Å². The Hall–Kier alpha value is -2.23. The van der Waals surface area contributed by atoms with Crippen LogP contribution in [0.1, 0.15) is 51.9 Å². The van der Waals surface area contributed by atoms with Gasteiger partial charge in [0.05, 0.1) is 0 Å². The summed E-state index contributed by atoms with van der Waals surface area (Å²) in [5.74, 6) is 0.248. The monoisotopic (exact) mass is 376 g/mol. The van der Waals surface area contributed by atoms with Crippen LogP contribution in [0.15, 0.2) is 48.5 Å². The van der Waals surface area contributed by atoms with Gasteiger partial charge in [-0.1, -0.05) is 42.5 Å². The third-order valence-electron chi connectivity index (χ3n) is 5.44. The fraction of sp³-hybridized carbons (Fsp3) is 0.400. The van der Waals surface area contributed by atoms with Gasteiger partial charge in [0.25, 0.3) is 0 Å². The van der Waals surface area contributed by atoms with Crippen LogP contribution in [0.3, 0.4) is 0 Å². The molecule has 0 radical (unpaired) electrons. The Kier molecular flexibility index (Phi) is 7.18. The zero-order valence-corrected chi connectivity index (χ0v) is 17.4. The van der Waals surface area contributed by atoms with Crippen molar-refractivity contribution in [2.75, 3.05) is 34.2 Å². The Morgan fingerprint density at radius 1 is 1.07 bits per heavy atom. The van der Waals surface area contributed by atoms with E-state index in [0.717, 1.165) is 44.3 Å². The lowest BCUT2D eigenvalue weighted by atomic mass is 9.91. The van der Waals surface area contributed by atoms with Crippen LogP contribution in [0, 0.1) is 0 Å². The minimum Gasteiger partial charge on any atom is -0.320 e. The molecular weight excluding hydrogens is 344 g/mol. The molecule has 28 heavy (non-hydrogen) atoms. The Morgan fingerprint density at radius 2 is 1.82 bits per heavy atom. The van der Waals surface area contributed by atoms with Crippen LogP contribution in [0.25, 0.3) is 5.57 Å². The van der Waals surface area contributed by atoms with Gasteiger partial charge in [0.2, 0.25) is 0 Å². The van der Waals surface area contributed by atoms with Gasteiger partial charge in [-0.05, 0) is 87.3 Å². The molecular formula is C25H32N2O. The van der Waals surface area contributed by atoms with Gasteiger partial charge < -0.3 is 10.2 Å². The molecule has 0 fully saturated rings. The van der Waals surface area contributed by atoms with E-state index in [1.807, 2.05) is 13.1 Å². The van der Waals surface area contributed by atoms with Gasteiger partial charge in [-0.25, -0.2) is 0 Å². The summed E-state index contributed by atoms with van der Waals surface area (Å²) in [4.78, 5) is 14.8. The van der Waals surface area contributed by atoms with Crippen LogP contribution in [-0.2, 0) is 12.8 Å². The quantitative estimate of drug-likeness (QED) is 0.549. The lowest BCUT2D eigenvalue weighted by Gasteiger charge is -2.14. The summed E-state index contributed by atoms with van der Waals surface area (Å²) in [7, 11) is 6.15. The average Bonchev–Trinajstić information content (AvgIpc) is 2.85. The predicted octanol–water partition coefficient (Wildman–Crippen LogP) is 4.35. The van der Waals surface area contributed by atoms with Crippen molar-refractivity contribution in [3.63, 3.8) is 0 Å². The number of carbonyl (C=O) groups excluding carboxylic acids is 1. The molecule has 1 N–H and O–H groups in total. The number of carbonyl (C=O) groups is 1. The molecule has 0 atom stereocenters. The molecule has 0 heterocycles. The molecule has 0 bridgehead atoms. The molecule has 1 aliphatic rings. The molecule has 1 aliphatic carbocycles. The van der Waals surface area contributed by atoms with E-state index >= 15 is 0 Å². The molecule has 0 spiro atoms. The van der Waals surface area contributed by atoms with E-state index in [2.05, 4.69) is 66.8 Å². The molecule has 2 aromatic rings. The topological polar surface area (TPSA) is 32.3 Å². The van der Waals surface area contributed by atoms with Gasteiger partial charge >= 0.3 is 0 Å². The summed E-state index contributed by atoms with van der Waals surface area (Å²) < 4.78 is 0. The highest BCUT2D eigenvalue weighted by atomic mass is 16.1. The highest BCUT2D eigenvalue weighted by Crippen LogP contribution is 2.34. The first-order chi connectivity index (χ1) is 13.6. The van der Waals surface area contributed by atoms with Crippen LogP contribution in [0.2, 0.25) is 0 Å². The highest BCUT2D eigenvalue weighted by molar-refractivity contribution is 5.97. The van der Waals surface area contributed by atoms with Crippen molar-refractivity contribution in [3.8, 4) is 0 Å². The highest BCUT2D eigenvalue weighted by Gasteiger charge is 2.19. The number of benzene rings is 2. The van der Waals surface area contributed by atoms with E-state index < -0.39 is 0 Å². The molecule has 0 saturated carbocycles. The number of nitrogens with zero attached hydrogens (tertiary/aromatic N) is 1. The van der Waals surface area contributed by atoms with Gasteiger partial charge in [-0.2, -0.15) is 0 Å². The van der Waals surface area contributed by atoms with Crippen molar-refractivity contribution < 1.29 is 4.79 Å². The maximum absolute atomic E-state index is 12.6. The summed E-state index contributed by atoms with van der Waals surface area (Å²) in [5.41, 5.74) is 7.50. The van der Waals surface area contributed by atoms with Crippen molar-refractivity contribution in [1.82, 2.24) is 10.2 Å². The van der Waals surface area contributed by atoms with Crippen LogP contribution >= 0.6 is 0 Å². The molecule has 0 aliphatic heterocycles. The maximum Gasteiger partial charge on any atom is 0.162 e. The van der Waals surface area contributed by atoms with E-state index in [0.29, 0.717) is 6.42 Å². The molecule has 3 rings (SSSR count). The zero-order chi connectivity index (χ0) is 19.9. The van der Waals surface area contributed by atoms with E-state index in [-0.39, 0.29) is 5.78 Å². The van der Waals surface area contributed by atoms with Crippen LogP contribution < -0.4 is 5.32 Å². The third kappa shape index (κ3) is 4.98. The van der Waals surface area contributed by atoms with Crippen molar-refractivity contribution in [3.05, 3.63) is 76.4 Å². The fourth-order valence-electron chi connectivity index (χ4n) is 3.91. The maximum atomic E-state index is 12.6. The van der Waals surface area contributed by atoms with E-state index in [1.54, 1.807) is 0 Å². The Morgan fingerprint density at radius 3 is 2.61 bits per heavy atom. The Bertz CT molecular complexity index is 851. The molecule has 0 aromatic heterocycles. The minimum absolute atomic E-state index is 0.248. The Balaban J connectivity index is 1.94. The van der Waals surface area contributed by atoms with E-state index in [1.165, 1.54) is 27.8 Å². The Labute approximate surface area is 169 Å². The number of hydrogen-bond acceptors (Lipinski definition) is 3. The summed E-state index contributed by atoms with van der Waals surface area (Å²) in [6.07, 6.45) is 6.87. The second kappa shape index (κ2) is 9.81. The standard InChI is InChI=1S/C25H32N2O/c1-26-16-6-11-25(28)21-14-15-23-20(18-21)13-12-19-8-4-5-9-22(19)24(23)10-7-17-27(2)3/h4-5,8-10,14-15,18,26H,6-7,11-13,16-17H2,1-3H3/b24-10-. The van der Waals surface area contributed by atoms with Crippen LogP contribution in [-0.4, -0.2) is 44.9 Å². The first kappa shape index (κ1) is 20.5. The summed E-state index contributed by atoms with van der Waals surface area (Å²) in [5, 5.41) is 3.11. The van der Waals surface area contributed by atoms with E-state index in [4.69, 9.17) is 0 Å². The van der Waals surface area contributed by atoms with Crippen molar-refractivity contribution in [1.29, 1.82) is 0 Å². The van der Waals surface area contributed by atoms with Crippen LogP contribution in [0.5, 0.6) is 0 Å². The normalized spacial score (nSPS) is 14.6. The van der Waals surface area contributed by atoms with Crippen molar-refractivity contribution >= 4 is 11.4 Å². The first-order valence-corrected chi connectivity index (χ1v) is 10.3. The number of Topliss-reactive ketones (excluding diaryl/α,β-unsaturated/α-hetero) is 1. The summed E-state index contributed by atoms with van der Waals surface area (Å²) in [6.45, 7) is 1.91.